The van der Waals surface area contributed by atoms with E-state index in [9.17, 15) is 0 Å². The summed E-state index contributed by atoms with van der Waals surface area (Å²) in [5.74, 6) is 8.49. The highest BCUT2D eigenvalue weighted by Crippen LogP contribution is 2.34. The summed E-state index contributed by atoms with van der Waals surface area (Å²) in [6.45, 7) is 4.33. The lowest BCUT2D eigenvalue weighted by molar-refractivity contribution is -0.0432. The predicted molar refractivity (Wildman–Crippen MR) is 97.8 cm³/mol. The van der Waals surface area contributed by atoms with Gasteiger partial charge in [0.1, 0.15) is 17.3 Å². The third-order valence-corrected chi connectivity index (χ3v) is 3.99. The van der Waals surface area contributed by atoms with Crippen LogP contribution in [0.4, 0.5) is 0 Å². The first-order valence-electron chi connectivity index (χ1n) is 8.45. The molecule has 0 amide bonds. The van der Waals surface area contributed by atoms with Crippen molar-refractivity contribution in [2.24, 2.45) is 0 Å². The van der Waals surface area contributed by atoms with Crippen LogP contribution in [-0.2, 0) is 15.9 Å². The third-order valence-electron chi connectivity index (χ3n) is 3.99. The summed E-state index contributed by atoms with van der Waals surface area (Å²) in [7, 11) is 0. The van der Waals surface area contributed by atoms with Gasteiger partial charge in [0.15, 0.2) is 0 Å². The van der Waals surface area contributed by atoms with Crippen molar-refractivity contribution in [2.45, 2.75) is 33.0 Å². The number of allylic oxidation sites excluding steroid dienone is 1. The number of benzene rings is 2. The number of hydrogen-bond donors (Lipinski definition) is 0. The van der Waals surface area contributed by atoms with Gasteiger partial charge in [0, 0.05) is 18.4 Å². The van der Waals surface area contributed by atoms with E-state index in [1.54, 1.807) is 0 Å². The minimum atomic E-state index is -0.352. The lowest BCUT2D eigenvalue weighted by Gasteiger charge is -2.12. The molecule has 0 saturated carbocycles. The van der Waals surface area contributed by atoms with E-state index in [4.69, 9.17) is 14.2 Å². The van der Waals surface area contributed by atoms with E-state index in [1.165, 1.54) is 5.56 Å². The smallest absolute Gasteiger partial charge is 0.267 e. The Bertz CT molecular complexity index is 780. The van der Waals surface area contributed by atoms with Gasteiger partial charge in [-0.3, -0.25) is 0 Å². The Balaban J connectivity index is 1.48. The van der Waals surface area contributed by atoms with Crippen LogP contribution in [0.3, 0.4) is 0 Å². The number of ether oxygens (including phenoxy) is 3. The maximum absolute atomic E-state index is 5.92. The third kappa shape index (κ3) is 4.58. The van der Waals surface area contributed by atoms with Crippen molar-refractivity contribution in [3.8, 4) is 17.6 Å². The van der Waals surface area contributed by atoms with Crippen molar-refractivity contribution in [1.29, 1.82) is 0 Å². The van der Waals surface area contributed by atoms with Crippen LogP contribution in [0.25, 0.3) is 0 Å². The molecule has 25 heavy (non-hydrogen) atoms. The van der Waals surface area contributed by atoms with Crippen LogP contribution in [0.15, 0.2) is 66.1 Å². The van der Waals surface area contributed by atoms with Crippen molar-refractivity contribution < 1.29 is 14.2 Å². The first-order chi connectivity index (χ1) is 12.3. The Morgan fingerprint density at radius 3 is 2.48 bits per heavy atom. The molecule has 0 bridgehead atoms. The Hall–Kier alpha value is -2.86. The van der Waals surface area contributed by atoms with Gasteiger partial charge in [-0.25, -0.2) is 0 Å². The minimum absolute atomic E-state index is 0.352. The van der Waals surface area contributed by atoms with E-state index < -0.39 is 0 Å². The van der Waals surface area contributed by atoms with E-state index in [2.05, 4.69) is 11.8 Å². The highest BCUT2D eigenvalue weighted by Gasteiger charge is 2.25. The van der Waals surface area contributed by atoms with Crippen LogP contribution in [-0.4, -0.2) is 6.61 Å². The molecule has 0 fully saturated rings. The van der Waals surface area contributed by atoms with Crippen LogP contribution in [0.1, 0.15) is 37.7 Å². The lowest BCUT2D eigenvalue weighted by Crippen LogP contribution is -2.02. The van der Waals surface area contributed by atoms with E-state index in [0.29, 0.717) is 13.0 Å². The van der Waals surface area contributed by atoms with Crippen LogP contribution in [0.2, 0.25) is 0 Å². The van der Waals surface area contributed by atoms with Gasteiger partial charge in [-0.1, -0.05) is 48.4 Å². The van der Waals surface area contributed by atoms with Gasteiger partial charge >= 0.3 is 0 Å². The molecular weight excluding hydrogens is 312 g/mol. The van der Waals surface area contributed by atoms with E-state index in [0.717, 1.165) is 29.3 Å². The zero-order valence-electron chi connectivity index (χ0n) is 14.6. The second-order valence-electron chi connectivity index (χ2n) is 5.80. The predicted octanol–water partition coefficient (Wildman–Crippen LogP) is 5.00. The molecule has 3 rings (SSSR count). The van der Waals surface area contributed by atoms with Gasteiger partial charge in [-0.15, -0.1) is 5.92 Å². The average Bonchev–Trinajstić information content (AvgIpc) is 3.03. The van der Waals surface area contributed by atoms with Crippen molar-refractivity contribution in [3.05, 3.63) is 77.2 Å². The Labute approximate surface area is 149 Å². The van der Waals surface area contributed by atoms with E-state index >= 15 is 0 Å². The number of hydrogen-bond acceptors (Lipinski definition) is 3. The fourth-order valence-corrected chi connectivity index (χ4v) is 2.60. The van der Waals surface area contributed by atoms with Crippen LogP contribution in [0, 0.1) is 11.8 Å². The van der Waals surface area contributed by atoms with Gasteiger partial charge in [0.05, 0.1) is 6.61 Å². The normalized spacial score (nSPS) is 15.8. The Morgan fingerprint density at radius 1 is 1.00 bits per heavy atom. The van der Waals surface area contributed by atoms with Gasteiger partial charge in [0.2, 0.25) is 0 Å². The molecule has 0 aromatic heterocycles. The molecule has 0 spiro atoms. The maximum Gasteiger partial charge on any atom is 0.267 e. The van der Waals surface area contributed by atoms with Gasteiger partial charge < -0.3 is 14.2 Å². The zero-order valence-corrected chi connectivity index (χ0v) is 14.6. The van der Waals surface area contributed by atoms with Gasteiger partial charge in [-0.2, -0.15) is 0 Å². The molecule has 1 aliphatic rings. The topological polar surface area (TPSA) is 27.7 Å². The van der Waals surface area contributed by atoms with Crippen molar-refractivity contribution in [1.82, 2.24) is 0 Å². The molecule has 0 saturated heterocycles. The standard InChI is InChI=1S/C22H22O3/c1-3-4-8-18-11-13-20(14-12-18)23-16-15-21-17(2)24-22(25-21)19-9-6-5-7-10-19/h5-7,9-14,22H,8,15-16H2,1-2H3. The maximum atomic E-state index is 5.92. The van der Waals surface area contributed by atoms with Crippen LogP contribution < -0.4 is 4.74 Å². The molecule has 2 aromatic carbocycles. The molecule has 3 heteroatoms. The summed E-state index contributed by atoms with van der Waals surface area (Å²) >= 11 is 0. The Kier molecular flexibility index (Phi) is 5.64. The Morgan fingerprint density at radius 2 is 1.76 bits per heavy atom. The van der Waals surface area contributed by atoms with Gasteiger partial charge in [-0.05, 0) is 31.5 Å². The highest BCUT2D eigenvalue weighted by molar-refractivity contribution is 5.29. The lowest BCUT2D eigenvalue weighted by atomic mass is 10.1. The molecule has 2 aromatic rings. The zero-order chi connectivity index (χ0) is 17.5. The summed E-state index contributed by atoms with van der Waals surface area (Å²) in [5, 5.41) is 0. The summed E-state index contributed by atoms with van der Waals surface area (Å²) in [6, 6.07) is 18.0. The first-order valence-corrected chi connectivity index (χ1v) is 8.45. The van der Waals surface area contributed by atoms with Crippen molar-refractivity contribution in [2.75, 3.05) is 6.61 Å². The summed E-state index contributed by atoms with van der Waals surface area (Å²) in [5.41, 5.74) is 2.21. The van der Waals surface area contributed by atoms with Crippen molar-refractivity contribution in [3.63, 3.8) is 0 Å². The van der Waals surface area contributed by atoms with Crippen LogP contribution >= 0.6 is 0 Å². The SMILES string of the molecule is CC#CCc1ccc(OCCC2=C(C)OC(c3ccccc3)O2)cc1. The number of rotatable bonds is 6. The first kappa shape index (κ1) is 17.0. The second kappa shape index (κ2) is 8.30. The molecule has 128 valence electrons. The highest BCUT2D eigenvalue weighted by atomic mass is 16.7. The molecule has 0 radical (unpaired) electrons. The molecule has 1 unspecified atom stereocenters. The molecule has 1 aliphatic heterocycles. The minimum Gasteiger partial charge on any atom is -0.493 e. The fraction of sp³-hybridized carbons (Fsp3) is 0.273. The largest absolute Gasteiger partial charge is 0.493 e. The van der Waals surface area contributed by atoms with E-state index in [1.807, 2.05) is 68.4 Å². The van der Waals surface area contributed by atoms with E-state index in [-0.39, 0.29) is 6.29 Å². The van der Waals surface area contributed by atoms with Gasteiger partial charge in [0.25, 0.3) is 6.29 Å². The monoisotopic (exact) mass is 334 g/mol. The molecular formula is C22H22O3. The summed E-state index contributed by atoms with van der Waals surface area (Å²) in [6.07, 6.45) is 1.10. The van der Waals surface area contributed by atoms with Crippen molar-refractivity contribution >= 4 is 0 Å². The quantitative estimate of drug-likeness (QED) is 0.696. The molecule has 1 heterocycles. The summed E-state index contributed by atoms with van der Waals surface area (Å²) < 4.78 is 17.5. The molecule has 0 aliphatic carbocycles. The molecule has 3 nitrogen and oxygen atoms in total. The van der Waals surface area contributed by atoms with Crippen LogP contribution in [0.5, 0.6) is 5.75 Å². The molecule has 1 atom stereocenters. The second-order valence-corrected chi connectivity index (χ2v) is 5.80. The molecule has 0 N–H and O–H groups in total. The summed E-state index contributed by atoms with van der Waals surface area (Å²) in [4.78, 5) is 0. The fourth-order valence-electron chi connectivity index (χ4n) is 2.60. The average molecular weight is 334 g/mol.